The molecule has 0 spiro atoms. The van der Waals surface area contributed by atoms with Crippen molar-refractivity contribution in [2.75, 3.05) is 0 Å². The fourth-order valence-electron chi connectivity index (χ4n) is 1.50. The van der Waals surface area contributed by atoms with Gasteiger partial charge >= 0.3 is 0 Å². The molecular formula is C12H12N2S. The Bertz CT molecular complexity index is 511. The Hall–Kier alpha value is -1.61. The summed E-state index contributed by atoms with van der Waals surface area (Å²) in [6.07, 6.45) is 4.40. The molecule has 3 heteroatoms. The zero-order chi connectivity index (χ0) is 10.7. The molecule has 3 N–H and O–H groups in total. The van der Waals surface area contributed by atoms with Crippen LogP contribution in [0.2, 0.25) is 0 Å². The number of rotatable bonds is 3. The quantitative estimate of drug-likeness (QED) is 0.601. The van der Waals surface area contributed by atoms with Crippen LogP contribution in [0.15, 0.2) is 41.8 Å². The van der Waals surface area contributed by atoms with Gasteiger partial charge in [0.1, 0.15) is 5.84 Å². The molecule has 0 aliphatic rings. The molecule has 0 saturated heterocycles. The van der Waals surface area contributed by atoms with E-state index in [1.807, 2.05) is 18.2 Å². The van der Waals surface area contributed by atoms with E-state index in [1.54, 1.807) is 17.4 Å². The lowest BCUT2D eigenvalue weighted by molar-refractivity contribution is 1.32. The third-order valence-electron chi connectivity index (χ3n) is 2.20. The molecule has 1 aromatic carbocycles. The first-order valence-electron chi connectivity index (χ1n) is 4.73. The summed E-state index contributed by atoms with van der Waals surface area (Å²) in [5.74, 6) is 0.106. The molecule has 0 bridgehead atoms. The standard InChI is InChI=1S/C12H12N2S/c13-12(14)7-3-4-9-8-15-11-6-2-1-5-10(9)11/h1-3,5-8H,4H2,(H3,13,14)/b7-3+. The van der Waals surface area contributed by atoms with Gasteiger partial charge in [-0.1, -0.05) is 24.3 Å². The van der Waals surface area contributed by atoms with Crippen LogP contribution in [0, 0.1) is 5.41 Å². The smallest absolute Gasteiger partial charge is 0.114 e. The molecule has 2 nitrogen and oxygen atoms in total. The minimum atomic E-state index is 0.106. The molecule has 2 rings (SSSR count). The van der Waals surface area contributed by atoms with Crippen LogP contribution in [-0.4, -0.2) is 5.84 Å². The molecule has 0 radical (unpaired) electrons. The normalized spacial score (nSPS) is 11.2. The van der Waals surface area contributed by atoms with Crippen LogP contribution in [0.4, 0.5) is 0 Å². The molecule has 0 unspecified atom stereocenters. The first kappa shape index (κ1) is 9.93. The van der Waals surface area contributed by atoms with E-state index in [-0.39, 0.29) is 5.84 Å². The maximum absolute atomic E-state index is 7.08. The van der Waals surface area contributed by atoms with Gasteiger partial charge < -0.3 is 5.73 Å². The Morgan fingerprint density at radius 3 is 3.00 bits per heavy atom. The van der Waals surface area contributed by atoms with E-state index in [1.165, 1.54) is 15.6 Å². The molecule has 0 atom stereocenters. The van der Waals surface area contributed by atoms with E-state index in [9.17, 15) is 0 Å². The average molecular weight is 216 g/mol. The number of allylic oxidation sites excluding steroid dienone is 1. The van der Waals surface area contributed by atoms with Crippen molar-refractivity contribution in [3.63, 3.8) is 0 Å². The molecule has 1 aromatic heterocycles. The van der Waals surface area contributed by atoms with Crippen molar-refractivity contribution in [3.05, 3.63) is 47.4 Å². The highest BCUT2D eigenvalue weighted by atomic mass is 32.1. The van der Waals surface area contributed by atoms with Crippen molar-refractivity contribution in [1.29, 1.82) is 5.41 Å². The summed E-state index contributed by atoms with van der Waals surface area (Å²) in [6, 6.07) is 8.35. The molecule has 0 aliphatic carbocycles. The summed E-state index contributed by atoms with van der Waals surface area (Å²) in [4.78, 5) is 0. The Morgan fingerprint density at radius 2 is 2.20 bits per heavy atom. The van der Waals surface area contributed by atoms with Crippen LogP contribution in [0.1, 0.15) is 5.56 Å². The monoisotopic (exact) mass is 216 g/mol. The first-order valence-corrected chi connectivity index (χ1v) is 5.61. The third-order valence-corrected chi connectivity index (χ3v) is 3.21. The van der Waals surface area contributed by atoms with Crippen molar-refractivity contribution >= 4 is 27.3 Å². The number of hydrogen-bond acceptors (Lipinski definition) is 2. The molecule has 1 heterocycles. The number of nitrogens with two attached hydrogens (primary N) is 1. The zero-order valence-electron chi connectivity index (χ0n) is 8.23. The lowest BCUT2D eigenvalue weighted by Gasteiger charge is -1.93. The fourth-order valence-corrected chi connectivity index (χ4v) is 2.48. The van der Waals surface area contributed by atoms with Crippen molar-refractivity contribution < 1.29 is 0 Å². The third kappa shape index (κ3) is 2.25. The molecule has 15 heavy (non-hydrogen) atoms. The van der Waals surface area contributed by atoms with Gasteiger partial charge in [0, 0.05) is 4.70 Å². The SMILES string of the molecule is N=C(N)/C=C/Cc1csc2ccccc12. The van der Waals surface area contributed by atoms with E-state index in [2.05, 4.69) is 17.5 Å². The maximum atomic E-state index is 7.08. The first-order chi connectivity index (χ1) is 7.27. The Labute approximate surface area is 92.5 Å². The highest BCUT2D eigenvalue weighted by molar-refractivity contribution is 7.17. The van der Waals surface area contributed by atoms with Gasteiger partial charge in [0.15, 0.2) is 0 Å². The second-order valence-electron chi connectivity index (χ2n) is 3.32. The van der Waals surface area contributed by atoms with Gasteiger partial charge in [0.25, 0.3) is 0 Å². The number of nitrogens with one attached hydrogen (secondary N) is 1. The average Bonchev–Trinajstić information content (AvgIpc) is 2.62. The van der Waals surface area contributed by atoms with Crippen LogP contribution >= 0.6 is 11.3 Å². The molecular weight excluding hydrogens is 204 g/mol. The highest BCUT2D eigenvalue weighted by Gasteiger charge is 2.00. The molecule has 76 valence electrons. The summed E-state index contributed by atoms with van der Waals surface area (Å²) in [5, 5.41) is 10.5. The van der Waals surface area contributed by atoms with Gasteiger partial charge in [0.2, 0.25) is 0 Å². The highest BCUT2D eigenvalue weighted by Crippen LogP contribution is 2.25. The largest absolute Gasteiger partial charge is 0.384 e. The van der Waals surface area contributed by atoms with Crippen molar-refractivity contribution in [2.24, 2.45) is 5.73 Å². The second kappa shape index (κ2) is 4.28. The van der Waals surface area contributed by atoms with Gasteiger partial charge in [-0.2, -0.15) is 0 Å². The van der Waals surface area contributed by atoms with Crippen LogP contribution < -0.4 is 5.73 Å². The van der Waals surface area contributed by atoms with Gasteiger partial charge in [-0.3, -0.25) is 5.41 Å². The molecule has 0 aliphatic heterocycles. The van der Waals surface area contributed by atoms with E-state index in [0.29, 0.717) is 0 Å². The van der Waals surface area contributed by atoms with Crippen LogP contribution in [-0.2, 0) is 6.42 Å². The molecule has 0 amide bonds. The molecule has 0 saturated carbocycles. The number of fused-ring (bicyclic) bond motifs is 1. The van der Waals surface area contributed by atoms with Crippen molar-refractivity contribution in [3.8, 4) is 0 Å². The van der Waals surface area contributed by atoms with Crippen molar-refractivity contribution in [2.45, 2.75) is 6.42 Å². The lowest BCUT2D eigenvalue weighted by atomic mass is 10.1. The Morgan fingerprint density at radius 1 is 1.40 bits per heavy atom. The number of thiophene rings is 1. The van der Waals surface area contributed by atoms with Gasteiger partial charge in [-0.15, -0.1) is 11.3 Å². The van der Waals surface area contributed by atoms with Crippen LogP contribution in [0.25, 0.3) is 10.1 Å². The molecule has 2 aromatic rings. The number of hydrogen-bond donors (Lipinski definition) is 2. The van der Waals surface area contributed by atoms with Gasteiger partial charge in [0.05, 0.1) is 0 Å². The van der Waals surface area contributed by atoms with Crippen LogP contribution in [0.3, 0.4) is 0 Å². The number of amidine groups is 1. The van der Waals surface area contributed by atoms with Gasteiger partial charge in [-0.25, -0.2) is 0 Å². The Balaban J connectivity index is 2.25. The Kier molecular flexibility index (Phi) is 2.83. The van der Waals surface area contributed by atoms with Crippen LogP contribution in [0.5, 0.6) is 0 Å². The fraction of sp³-hybridized carbons (Fsp3) is 0.0833. The predicted molar refractivity (Wildman–Crippen MR) is 66.6 cm³/mol. The minimum Gasteiger partial charge on any atom is -0.384 e. The summed E-state index contributed by atoms with van der Waals surface area (Å²) in [6.45, 7) is 0. The predicted octanol–water partition coefficient (Wildman–Crippen LogP) is 2.94. The second-order valence-corrected chi connectivity index (χ2v) is 4.23. The van der Waals surface area contributed by atoms with E-state index in [0.717, 1.165) is 6.42 Å². The lowest BCUT2D eigenvalue weighted by Crippen LogP contribution is -2.04. The summed E-state index contributed by atoms with van der Waals surface area (Å²) < 4.78 is 1.31. The summed E-state index contributed by atoms with van der Waals surface area (Å²) in [7, 11) is 0. The minimum absolute atomic E-state index is 0.106. The topological polar surface area (TPSA) is 49.9 Å². The van der Waals surface area contributed by atoms with Gasteiger partial charge in [-0.05, 0) is 34.9 Å². The molecule has 0 fully saturated rings. The summed E-state index contributed by atoms with van der Waals surface area (Å²) >= 11 is 1.75. The zero-order valence-corrected chi connectivity index (χ0v) is 9.05. The van der Waals surface area contributed by atoms with E-state index >= 15 is 0 Å². The van der Waals surface area contributed by atoms with Crippen molar-refractivity contribution in [1.82, 2.24) is 0 Å². The summed E-state index contributed by atoms with van der Waals surface area (Å²) in [5.41, 5.74) is 6.54. The number of benzene rings is 1. The van der Waals surface area contributed by atoms with E-state index < -0.39 is 0 Å². The maximum Gasteiger partial charge on any atom is 0.114 e. The van der Waals surface area contributed by atoms with E-state index in [4.69, 9.17) is 11.1 Å².